The van der Waals surface area contributed by atoms with Gasteiger partial charge in [-0.15, -0.1) is 0 Å². The molecule has 1 unspecified atom stereocenters. The summed E-state index contributed by atoms with van der Waals surface area (Å²) in [4.78, 5) is 14.2. The summed E-state index contributed by atoms with van der Waals surface area (Å²) < 4.78 is 5.60. The second-order valence-corrected chi connectivity index (χ2v) is 6.24. The van der Waals surface area contributed by atoms with Crippen molar-refractivity contribution in [3.8, 4) is 0 Å². The van der Waals surface area contributed by atoms with Crippen LogP contribution in [0.15, 0.2) is 24.3 Å². The fourth-order valence-electron chi connectivity index (χ4n) is 2.54. The Morgan fingerprint density at radius 3 is 2.75 bits per heavy atom. The largest absolute Gasteiger partial charge is 0.366 e. The number of carbonyl (C=O) groups is 1. The third-order valence-corrected chi connectivity index (χ3v) is 3.52. The summed E-state index contributed by atoms with van der Waals surface area (Å²) in [6.07, 6.45) is 0.904. The molecule has 0 fully saturated rings. The van der Waals surface area contributed by atoms with Gasteiger partial charge >= 0.3 is 0 Å². The molecule has 1 aromatic rings. The number of hydrogen-bond donors (Lipinski definition) is 1. The highest BCUT2D eigenvalue weighted by Crippen LogP contribution is 2.37. The topological polar surface area (TPSA) is 55.6 Å². The first-order valence-electron chi connectivity index (χ1n) is 7.15. The standard InChI is InChI=1S/C16H24N2O2/c1-16(2,3)20-11-15(19)18-10-12(8-9-17)13-6-4-5-7-14(13)18/h4-7,12H,8-11,17H2,1-3H3. The number of ether oxygens (including phenoxy) is 1. The van der Waals surface area contributed by atoms with Crippen molar-refractivity contribution < 1.29 is 9.53 Å². The van der Waals surface area contributed by atoms with Crippen molar-refractivity contribution >= 4 is 11.6 Å². The molecular weight excluding hydrogens is 252 g/mol. The second kappa shape index (κ2) is 5.94. The van der Waals surface area contributed by atoms with Gasteiger partial charge in [-0.2, -0.15) is 0 Å². The quantitative estimate of drug-likeness (QED) is 0.918. The van der Waals surface area contributed by atoms with Crippen molar-refractivity contribution in [1.82, 2.24) is 0 Å². The molecule has 0 spiro atoms. The lowest BCUT2D eigenvalue weighted by Gasteiger charge is -2.23. The Morgan fingerprint density at radius 1 is 1.40 bits per heavy atom. The molecular formula is C16H24N2O2. The van der Waals surface area contributed by atoms with Crippen LogP contribution in [0.2, 0.25) is 0 Å². The van der Waals surface area contributed by atoms with Gasteiger partial charge in [-0.05, 0) is 45.4 Å². The van der Waals surface area contributed by atoms with Crippen LogP contribution in [0.25, 0.3) is 0 Å². The van der Waals surface area contributed by atoms with Gasteiger partial charge in [0.1, 0.15) is 6.61 Å². The Balaban J connectivity index is 2.12. The van der Waals surface area contributed by atoms with Crippen LogP contribution in [0.4, 0.5) is 5.69 Å². The van der Waals surface area contributed by atoms with Gasteiger partial charge in [-0.3, -0.25) is 4.79 Å². The monoisotopic (exact) mass is 276 g/mol. The minimum absolute atomic E-state index is 0.0203. The second-order valence-electron chi connectivity index (χ2n) is 6.24. The van der Waals surface area contributed by atoms with Crippen LogP contribution in [-0.4, -0.2) is 31.2 Å². The predicted molar refractivity (Wildman–Crippen MR) is 80.9 cm³/mol. The van der Waals surface area contributed by atoms with E-state index in [1.54, 1.807) is 0 Å². The van der Waals surface area contributed by atoms with E-state index in [-0.39, 0.29) is 18.1 Å². The van der Waals surface area contributed by atoms with Gasteiger partial charge in [0.05, 0.1) is 5.60 Å². The molecule has 1 amide bonds. The van der Waals surface area contributed by atoms with Crippen LogP contribution in [0.1, 0.15) is 38.7 Å². The van der Waals surface area contributed by atoms with Crippen molar-refractivity contribution in [2.45, 2.75) is 38.7 Å². The Kier molecular flexibility index (Phi) is 4.45. The van der Waals surface area contributed by atoms with E-state index in [9.17, 15) is 4.79 Å². The number of rotatable bonds is 4. The van der Waals surface area contributed by atoms with Crippen molar-refractivity contribution in [3.05, 3.63) is 29.8 Å². The van der Waals surface area contributed by atoms with E-state index in [1.165, 1.54) is 5.56 Å². The van der Waals surface area contributed by atoms with Gasteiger partial charge in [-0.25, -0.2) is 0 Å². The minimum Gasteiger partial charge on any atom is -0.366 e. The molecule has 1 aliphatic rings. The molecule has 2 rings (SSSR count). The molecule has 1 heterocycles. The number of fused-ring (bicyclic) bond motifs is 1. The van der Waals surface area contributed by atoms with Crippen LogP contribution >= 0.6 is 0 Å². The maximum absolute atomic E-state index is 12.4. The average molecular weight is 276 g/mol. The average Bonchev–Trinajstić information content (AvgIpc) is 2.75. The van der Waals surface area contributed by atoms with E-state index < -0.39 is 0 Å². The number of anilines is 1. The molecule has 0 saturated carbocycles. The van der Waals surface area contributed by atoms with Crippen molar-refractivity contribution in [2.75, 3.05) is 24.6 Å². The molecule has 1 aliphatic heterocycles. The molecule has 2 N–H and O–H groups in total. The number of amides is 1. The van der Waals surface area contributed by atoms with E-state index >= 15 is 0 Å². The third kappa shape index (κ3) is 3.38. The number of para-hydroxylation sites is 1. The van der Waals surface area contributed by atoms with E-state index in [0.29, 0.717) is 19.0 Å². The zero-order valence-corrected chi connectivity index (χ0v) is 12.6. The zero-order valence-electron chi connectivity index (χ0n) is 12.6. The molecule has 4 heteroatoms. The molecule has 20 heavy (non-hydrogen) atoms. The summed E-state index contributed by atoms with van der Waals surface area (Å²) in [6.45, 7) is 7.33. The number of hydrogen-bond acceptors (Lipinski definition) is 3. The van der Waals surface area contributed by atoms with Crippen molar-refractivity contribution in [3.63, 3.8) is 0 Å². The minimum atomic E-state index is -0.300. The van der Waals surface area contributed by atoms with Gasteiger partial charge in [-0.1, -0.05) is 18.2 Å². The fraction of sp³-hybridized carbons (Fsp3) is 0.562. The number of benzene rings is 1. The van der Waals surface area contributed by atoms with E-state index in [1.807, 2.05) is 43.9 Å². The van der Waals surface area contributed by atoms with Gasteiger partial charge in [0.15, 0.2) is 0 Å². The zero-order chi connectivity index (χ0) is 14.8. The molecule has 4 nitrogen and oxygen atoms in total. The van der Waals surface area contributed by atoms with E-state index in [0.717, 1.165) is 12.1 Å². The smallest absolute Gasteiger partial charge is 0.253 e. The lowest BCUT2D eigenvalue weighted by atomic mass is 9.98. The first-order valence-corrected chi connectivity index (χ1v) is 7.15. The van der Waals surface area contributed by atoms with Crippen LogP contribution in [0, 0.1) is 0 Å². The summed E-state index contributed by atoms with van der Waals surface area (Å²) in [5, 5.41) is 0. The van der Waals surface area contributed by atoms with Crippen LogP contribution < -0.4 is 10.6 Å². The van der Waals surface area contributed by atoms with E-state index in [2.05, 4.69) is 6.07 Å². The Labute approximate surface area is 120 Å². The Hall–Kier alpha value is -1.39. The maximum atomic E-state index is 12.4. The highest BCUT2D eigenvalue weighted by atomic mass is 16.5. The molecule has 0 radical (unpaired) electrons. The van der Waals surface area contributed by atoms with Crippen molar-refractivity contribution in [2.24, 2.45) is 5.73 Å². The molecule has 110 valence electrons. The SMILES string of the molecule is CC(C)(C)OCC(=O)N1CC(CCN)c2ccccc21. The van der Waals surface area contributed by atoms with Crippen LogP contribution in [0.3, 0.4) is 0 Å². The summed E-state index contributed by atoms with van der Waals surface area (Å²) in [5.41, 5.74) is 7.61. The molecule has 0 aliphatic carbocycles. The van der Waals surface area contributed by atoms with Gasteiger partial charge < -0.3 is 15.4 Å². The highest BCUT2D eigenvalue weighted by Gasteiger charge is 2.31. The van der Waals surface area contributed by atoms with Crippen molar-refractivity contribution in [1.29, 1.82) is 0 Å². The van der Waals surface area contributed by atoms with Crippen LogP contribution in [0.5, 0.6) is 0 Å². The first kappa shape index (κ1) is 15.0. The summed E-state index contributed by atoms with van der Waals surface area (Å²) in [5.74, 6) is 0.363. The van der Waals surface area contributed by atoms with Gasteiger partial charge in [0.25, 0.3) is 5.91 Å². The molecule has 1 atom stereocenters. The van der Waals surface area contributed by atoms with Gasteiger partial charge in [0.2, 0.25) is 0 Å². The first-order chi connectivity index (χ1) is 9.42. The lowest BCUT2D eigenvalue weighted by Crippen LogP contribution is -2.36. The molecule has 0 aromatic heterocycles. The number of nitrogens with two attached hydrogens (primary N) is 1. The Bertz CT molecular complexity index is 480. The fourth-order valence-corrected chi connectivity index (χ4v) is 2.54. The van der Waals surface area contributed by atoms with Crippen LogP contribution in [-0.2, 0) is 9.53 Å². The number of nitrogens with zero attached hydrogens (tertiary/aromatic N) is 1. The lowest BCUT2D eigenvalue weighted by molar-refractivity contribution is -0.127. The number of carbonyl (C=O) groups excluding carboxylic acids is 1. The normalized spacial score (nSPS) is 18.2. The Morgan fingerprint density at radius 2 is 2.10 bits per heavy atom. The van der Waals surface area contributed by atoms with E-state index in [4.69, 9.17) is 10.5 Å². The molecule has 0 bridgehead atoms. The maximum Gasteiger partial charge on any atom is 0.253 e. The summed E-state index contributed by atoms with van der Waals surface area (Å²) in [7, 11) is 0. The summed E-state index contributed by atoms with van der Waals surface area (Å²) >= 11 is 0. The summed E-state index contributed by atoms with van der Waals surface area (Å²) in [6, 6.07) is 8.07. The van der Waals surface area contributed by atoms with Gasteiger partial charge in [0, 0.05) is 18.2 Å². The highest BCUT2D eigenvalue weighted by molar-refractivity contribution is 5.96. The third-order valence-electron chi connectivity index (χ3n) is 3.52. The molecule has 1 aromatic carbocycles. The predicted octanol–water partition coefficient (Wildman–Crippen LogP) is 2.28. The molecule has 0 saturated heterocycles.